The average molecular weight is 320 g/mol. The summed E-state index contributed by atoms with van der Waals surface area (Å²) < 4.78 is 10.5. The second-order valence-corrected chi connectivity index (χ2v) is 6.46. The van der Waals surface area contributed by atoms with Gasteiger partial charge in [0.15, 0.2) is 0 Å². The van der Waals surface area contributed by atoms with Gasteiger partial charge in [0.05, 0.1) is 12.5 Å². The van der Waals surface area contributed by atoms with E-state index in [0.29, 0.717) is 11.4 Å². The van der Waals surface area contributed by atoms with Crippen LogP contribution in [-0.2, 0) is 22.4 Å². The van der Waals surface area contributed by atoms with E-state index in [2.05, 4.69) is 5.16 Å². The summed E-state index contributed by atoms with van der Waals surface area (Å²) >= 11 is 5.94. The largest absolute Gasteiger partial charge is 0.469 e. The molecule has 1 atom stereocenters. The molecule has 116 valence electrons. The first kappa shape index (κ1) is 15.1. The predicted molar refractivity (Wildman–Crippen MR) is 83.7 cm³/mol. The lowest BCUT2D eigenvalue weighted by Gasteiger charge is -2.23. The molecule has 22 heavy (non-hydrogen) atoms. The molecule has 1 aromatic carbocycles. The van der Waals surface area contributed by atoms with Crippen LogP contribution in [-0.4, -0.2) is 18.2 Å². The predicted octanol–water partition coefficient (Wildman–Crippen LogP) is 4.05. The molecular formula is C17H18ClNO3. The van der Waals surface area contributed by atoms with Crippen molar-refractivity contribution in [2.45, 2.75) is 32.6 Å². The first-order chi connectivity index (χ1) is 10.5. The van der Waals surface area contributed by atoms with Crippen molar-refractivity contribution in [2.75, 3.05) is 7.11 Å². The molecule has 0 bridgehead atoms. The summed E-state index contributed by atoms with van der Waals surface area (Å²) in [7, 11) is 1.43. The Labute approximate surface area is 134 Å². The van der Waals surface area contributed by atoms with Crippen LogP contribution >= 0.6 is 11.6 Å². The van der Waals surface area contributed by atoms with Crippen LogP contribution < -0.4 is 0 Å². The molecule has 1 aliphatic carbocycles. The molecule has 0 amide bonds. The van der Waals surface area contributed by atoms with Gasteiger partial charge in [0.2, 0.25) is 0 Å². The van der Waals surface area contributed by atoms with Gasteiger partial charge in [0.25, 0.3) is 0 Å². The molecule has 0 saturated heterocycles. The number of fused-ring (bicyclic) bond motifs is 1. The van der Waals surface area contributed by atoms with Crippen LogP contribution in [0.3, 0.4) is 0 Å². The minimum Gasteiger partial charge on any atom is -0.469 e. The Bertz CT molecular complexity index is 692. The molecule has 0 fully saturated rings. The van der Waals surface area contributed by atoms with Gasteiger partial charge in [-0.1, -0.05) is 28.9 Å². The van der Waals surface area contributed by atoms with E-state index in [0.717, 1.165) is 41.8 Å². The highest BCUT2D eigenvalue weighted by atomic mass is 35.5. The van der Waals surface area contributed by atoms with E-state index in [9.17, 15) is 4.79 Å². The fourth-order valence-electron chi connectivity index (χ4n) is 3.09. The standard InChI is InChI=1S/C17H18ClNO3/c1-17(16(20)21-2)9-3-4-13-14(10-17)22-19-15(13)11-5-7-12(18)8-6-11/h5-8H,3-4,9-10H2,1-2H3. The minimum atomic E-state index is -0.545. The monoisotopic (exact) mass is 319 g/mol. The van der Waals surface area contributed by atoms with Crippen molar-refractivity contribution in [1.82, 2.24) is 5.16 Å². The van der Waals surface area contributed by atoms with Crippen LogP contribution in [0.2, 0.25) is 5.02 Å². The SMILES string of the molecule is COC(=O)C1(C)CCCc2c(-c3ccc(Cl)cc3)noc2C1. The van der Waals surface area contributed by atoms with E-state index >= 15 is 0 Å². The van der Waals surface area contributed by atoms with E-state index in [4.69, 9.17) is 20.9 Å². The lowest BCUT2D eigenvalue weighted by atomic mass is 9.82. The van der Waals surface area contributed by atoms with Gasteiger partial charge in [-0.05, 0) is 38.3 Å². The first-order valence-corrected chi connectivity index (χ1v) is 7.73. The summed E-state index contributed by atoms with van der Waals surface area (Å²) in [4.78, 5) is 12.1. The van der Waals surface area contributed by atoms with E-state index in [-0.39, 0.29) is 5.97 Å². The number of carbonyl (C=O) groups excluding carboxylic acids is 1. The zero-order valence-corrected chi connectivity index (χ0v) is 13.4. The molecule has 0 aliphatic heterocycles. The lowest BCUT2D eigenvalue weighted by molar-refractivity contribution is -0.152. The number of methoxy groups -OCH3 is 1. The topological polar surface area (TPSA) is 52.3 Å². The Balaban J connectivity index is 1.97. The Kier molecular flexibility index (Phi) is 3.96. The highest BCUT2D eigenvalue weighted by Crippen LogP contribution is 2.38. The van der Waals surface area contributed by atoms with Crippen LogP contribution in [0.4, 0.5) is 0 Å². The van der Waals surface area contributed by atoms with Gasteiger partial charge in [0.1, 0.15) is 11.5 Å². The number of esters is 1. The van der Waals surface area contributed by atoms with Crippen LogP contribution in [0, 0.1) is 5.41 Å². The third kappa shape index (κ3) is 2.63. The number of carbonyl (C=O) groups is 1. The minimum absolute atomic E-state index is 0.190. The van der Waals surface area contributed by atoms with Gasteiger partial charge >= 0.3 is 5.97 Å². The molecule has 2 aromatic rings. The Morgan fingerprint density at radius 2 is 2.09 bits per heavy atom. The van der Waals surface area contributed by atoms with E-state index in [1.807, 2.05) is 31.2 Å². The van der Waals surface area contributed by atoms with Gasteiger partial charge in [-0.25, -0.2) is 0 Å². The summed E-state index contributed by atoms with van der Waals surface area (Å²) in [6.45, 7) is 1.93. The normalized spacial score (nSPS) is 21.0. The zero-order chi connectivity index (χ0) is 15.7. The molecule has 1 heterocycles. The highest BCUT2D eigenvalue weighted by Gasteiger charge is 2.39. The second kappa shape index (κ2) is 5.76. The van der Waals surface area contributed by atoms with Gasteiger partial charge in [-0.2, -0.15) is 0 Å². The van der Waals surface area contributed by atoms with Crippen molar-refractivity contribution >= 4 is 17.6 Å². The molecule has 0 spiro atoms. The maximum absolute atomic E-state index is 12.1. The second-order valence-electron chi connectivity index (χ2n) is 6.02. The molecule has 0 N–H and O–H groups in total. The first-order valence-electron chi connectivity index (χ1n) is 7.35. The fourth-order valence-corrected chi connectivity index (χ4v) is 3.22. The molecule has 4 nitrogen and oxygen atoms in total. The number of rotatable bonds is 2. The molecule has 1 aliphatic rings. The van der Waals surface area contributed by atoms with Crippen molar-refractivity contribution in [1.29, 1.82) is 0 Å². The van der Waals surface area contributed by atoms with Crippen LogP contribution in [0.5, 0.6) is 0 Å². The van der Waals surface area contributed by atoms with Crippen LogP contribution in [0.25, 0.3) is 11.3 Å². The number of hydrogen-bond donors (Lipinski definition) is 0. The number of benzene rings is 1. The van der Waals surface area contributed by atoms with Crippen molar-refractivity contribution in [3.8, 4) is 11.3 Å². The van der Waals surface area contributed by atoms with Crippen LogP contribution in [0.1, 0.15) is 31.1 Å². The van der Waals surface area contributed by atoms with Gasteiger partial charge in [-0.15, -0.1) is 0 Å². The molecule has 0 saturated carbocycles. The third-order valence-corrected chi connectivity index (χ3v) is 4.62. The van der Waals surface area contributed by atoms with Crippen LogP contribution in [0.15, 0.2) is 28.8 Å². The smallest absolute Gasteiger partial charge is 0.311 e. The number of ether oxygens (including phenoxy) is 1. The lowest BCUT2D eigenvalue weighted by Crippen LogP contribution is -2.30. The zero-order valence-electron chi connectivity index (χ0n) is 12.7. The molecule has 5 heteroatoms. The number of nitrogens with zero attached hydrogens (tertiary/aromatic N) is 1. The summed E-state index contributed by atoms with van der Waals surface area (Å²) in [5.41, 5.74) is 2.38. The van der Waals surface area contributed by atoms with Crippen molar-refractivity contribution in [2.24, 2.45) is 5.41 Å². The average Bonchev–Trinajstić information content (AvgIpc) is 2.81. The molecule has 1 unspecified atom stereocenters. The summed E-state index contributed by atoms with van der Waals surface area (Å²) in [6.07, 6.45) is 3.06. The fraction of sp³-hybridized carbons (Fsp3) is 0.412. The van der Waals surface area contributed by atoms with Gasteiger partial charge in [0, 0.05) is 22.6 Å². The number of hydrogen-bond acceptors (Lipinski definition) is 4. The van der Waals surface area contributed by atoms with Gasteiger partial charge < -0.3 is 9.26 Å². The maximum Gasteiger partial charge on any atom is 0.311 e. The van der Waals surface area contributed by atoms with Crippen molar-refractivity contribution in [3.63, 3.8) is 0 Å². The summed E-state index contributed by atoms with van der Waals surface area (Å²) in [5, 5.41) is 4.91. The van der Waals surface area contributed by atoms with E-state index < -0.39 is 5.41 Å². The molecule has 3 rings (SSSR count). The number of aromatic nitrogens is 1. The molecule has 1 aromatic heterocycles. The molecular weight excluding hydrogens is 302 g/mol. The summed E-state index contributed by atoms with van der Waals surface area (Å²) in [5.74, 6) is 0.597. The quantitative estimate of drug-likeness (QED) is 0.619. The Morgan fingerprint density at radius 3 is 2.77 bits per heavy atom. The van der Waals surface area contributed by atoms with E-state index in [1.54, 1.807) is 0 Å². The number of halogens is 1. The van der Waals surface area contributed by atoms with Crippen molar-refractivity contribution in [3.05, 3.63) is 40.6 Å². The van der Waals surface area contributed by atoms with Gasteiger partial charge in [-0.3, -0.25) is 4.79 Å². The van der Waals surface area contributed by atoms with Crippen molar-refractivity contribution < 1.29 is 14.1 Å². The third-order valence-electron chi connectivity index (χ3n) is 4.37. The summed E-state index contributed by atoms with van der Waals surface area (Å²) in [6, 6.07) is 7.55. The molecule has 0 radical (unpaired) electrons. The Morgan fingerprint density at radius 1 is 1.36 bits per heavy atom. The van der Waals surface area contributed by atoms with E-state index in [1.165, 1.54) is 7.11 Å². The Hall–Kier alpha value is -1.81. The highest BCUT2D eigenvalue weighted by molar-refractivity contribution is 6.30. The maximum atomic E-state index is 12.1.